The van der Waals surface area contributed by atoms with Crippen LogP contribution in [0, 0.1) is 0 Å². The molecule has 0 bridgehead atoms. The molecule has 0 unspecified atom stereocenters. The lowest BCUT2D eigenvalue weighted by Crippen LogP contribution is -2.17. The minimum absolute atomic E-state index is 0.106. The Morgan fingerprint density at radius 1 is 1.14 bits per heavy atom. The van der Waals surface area contributed by atoms with Gasteiger partial charge in [-0.15, -0.1) is 0 Å². The minimum atomic E-state index is -0.906. The summed E-state index contributed by atoms with van der Waals surface area (Å²) in [6.07, 6.45) is 0. The van der Waals surface area contributed by atoms with Crippen LogP contribution in [0.4, 0.5) is 0 Å². The van der Waals surface area contributed by atoms with Crippen LogP contribution in [0.2, 0.25) is 0 Å². The Hall–Kier alpha value is 1.29. The lowest BCUT2D eigenvalue weighted by atomic mass is 10.1. The van der Waals surface area contributed by atoms with E-state index < -0.39 is 2.14 Å². The van der Waals surface area contributed by atoms with Crippen LogP contribution in [-0.4, -0.2) is 7.93 Å². The van der Waals surface area contributed by atoms with E-state index in [2.05, 4.69) is 79.6 Å². The molecular weight excluding hydrogens is 512 g/mol. The van der Waals surface area contributed by atoms with Crippen LogP contribution >= 0.6 is 79.6 Å². The third-order valence-corrected chi connectivity index (χ3v) is 4.58. The maximum Gasteiger partial charge on any atom is 0.202 e. The number of carbonyl (C=O) groups is 1. The molecule has 14 heavy (non-hydrogen) atoms. The van der Waals surface area contributed by atoms with E-state index in [1.54, 1.807) is 12.1 Å². The van der Waals surface area contributed by atoms with Crippen molar-refractivity contribution in [2.24, 2.45) is 0 Å². The van der Waals surface area contributed by atoms with Gasteiger partial charge in [0.1, 0.15) is 0 Å². The molecule has 0 N–H and O–H groups in total. The van der Waals surface area contributed by atoms with E-state index in [9.17, 15) is 4.79 Å². The monoisotopic (exact) mass is 510 g/mol. The Labute approximate surface area is 124 Å². The molecule has 1 rings (SSSR count). The highest BCUT2D eigenvalue weighted by atomic mass is 80.0. The fraction of sp³-hybridized carbons (Fsp3) is 0.125. The summed E-state index contributed by atoms with van der Waals surface area (Å²) < 4.78 is 0.684. The standard InChI is InChI=1S/C8H3Br5O/c9-5-3-1-2-4(6(5)10)7(14)8(11,12)13/h1-3H. The average Bonchev–Trinajstić information content (AvgIpc) is 2.07. The van der Waals surface area contributed by atoms with Gasteiger partial charge in [0.05, 0.1) is 0 Å². The lowest BCUT2D eigenvalue weighted by molar-refractivity contribution is 0.101. The third kappa shape index (κ3) is 3.14. The molecule has 0 saturated heterocycles. The SMILES string of the molecule is O=C(c1cccc(Br)c1Br)C(Br)(Br)Br. The van der Waals surface area contributed by atoms with E-state index in [4.69, 9.17) is 0 Å². The molecule has 76 valence electrons. The number of Topliss-reactive ketones (excluding diaryl/α,β-unsaturated/α-hetero) is 1. The summed E-state index contributed by atoms with van der Waals surface area (Å²) in [5.74, 6) is -0.106. The smallest absolute Gasteiger partial charge is 0.202 e. The number of hydrogen-bond donors (Lipinski definition) is 0. The van der Waals surface area contributed by atoms with Gasteiger partial charge in [-0.2, -0.15) is 0 Å². The van der Waals surface area contributed by atoms with Crippen LogP contribution in [0.1, 0.15) is 10.4 Å². The van der Waals surface area contributed by atoms with Crippen LogP contribution in [0.15, 0.2) is 27.1 Å². The second kappa shape index (κ2) is 5.08. The van der Waals surface area contributed by atoms with Gasteiger partial charge in [-0.05, 0) is 37.9 Å². The molecule has 0 aromatic heterocycles. The molecule has 0 aliphatic carbocycles. The maximum absolute atomic E-state index is 11.8. The molecule has 0 spiro atoms. The highest BCUT2D eigenvalue weighted by Crippen LogP contribution is 2.39. The molecule has 1 aromatic carbocycles. The van der Waals surface area contributed by atoms with Gasteiger partial charge in [0.25, 0.3) is 0 Å². The largest absolute Gasteiger partial charge is 0.291 e. The second-order valence-electron chi connectivity index (χ2n) is 2.43. The predicted molar refractivity (Wildman–Crippen MR) is 75.7 cm³/mol. The molecule has 0 radical (unpaired) electrons. The molecule has 0 fully saturated rings. The van der Waals surface area contributed by atoms with Gasteiger partial charge >= 0.3 is 0 Å². The van der Waals surface area contributed by atoms with Gasteiger partial charge in [-0.3, -0.25) is 4.79 Å². The quantitative estimate of drug-likeness (QED) is 0.371. The van der Waals surface area contributed by atoms with Gasteiger partial charge in [0.2, 0.25) is 5.78 Å². The third-order valence-electron chi connectivity index (χ3n) is 1.45. The van der Waals surface area contributed by atoms with Crippen LogP contribution in [-0.2, 0) is 0 Å². The van der Waals surface area contributed by atoms with Crippen LogP contribution in [0.25, 0.3) is 0 Å². The number of ketones is 1. The zero-order valence-electron chi connectivity index (χ0n) is 6.53. The van der Waals surface area contributed by atoms with Crippen molar-refractivity contribution in [1.82, 2.24) is 0 Å². The van der Waals surface area contributed by atoms with Crippen molar-refractivity contribution >= 4 is 85.4 Å². The van der Waals surface area contributed by atoms with Crippen LogP contribution in [0.5, 0.6) is 0 Å². The van der Waals surface area contributed by atoms with E-state index in [-0.39, 0.29) is 5.78 Å². The first-order chi connectivity index (χ1) is 6.34. The molecule has 0 heterocycles. The van der Waals surface area contributed by atoms with Crippen molar-refractivity contribution in [2.45, 2.75) is 2.14 Å². The Bertz CT molecular complexity index is 368. The molecule has 0 atom stereocenters. The van der Waals surface area contributed by atoms with Gasteiger partial charge in [-0.1, -0.05) is 59.9 Å². The summed E-state index contributed by atoms with van der Waals surface area (Å²) in [6.45, 7) is 0. The molecule has 6 heteroatoms. The number of benzene rings is 1. The average molecular weight is 515 g/mol. The number of alkyl halides is 3. The Morgan fingerprint density at radius 2 is 1.71 bits per heavy atom. The highest BCUT2D eigenvalue weighted by molar-refractivity contribution is 9.40. The molecule has 0 aliphatic heterocycles. The van der Waals surface area contributed by atoms with E-state index in [0.717, 1.165) is 8.95 Å². The summed E-state index contributed by atoms with van der Waals surface area (Å²) in [7, 11) is 0. The van der Waals surface area contributed by atoms with Gasteiger partial charge in [-0.25, -0.2) is 0 Å². The predicted octanol–water partition coefficient (Wildman–Crippen LogP) is 5.23. The van der Waals surface area contributed by atoms with Gasteiger partial charge < -0.3 is 0 Å². The van der Waals surface area contributed by atoms with Crippen molar-refractivity contribution < 1.29 is 4.79 Å². The fourth-order valence-electron chi connectivity index (χ4n) is 0.832. The zero-order valence-corrected chi connectivity index (χ0v) is 14.5. The number of rotatable bonds is 1. The van der Waals surface area contributed by atoms with Crippen LogP contribution in [0.3, 0.4) is 0 Å². The zero-order chi connectivity index (χ0) is 10.9. The summed E-state index contributed by atoms with van der Waals surface area (Å²) in [4.78, 5) is 11.8. The first-order valence-electron chi connectivity index (χ1n) is 3.39. The first-order valence-corrected chi connectivity index (χ1v) is 7.36. The van der Waals surface area contributed by atoms with E-state index in [0.29, 0.717) is 5.56 Å². The molecule has 1 aromatic rings. The molecule has 0 saturated carbocycles. The van der Waals surface area contributed by atoms with E-state index >= 15 is 0 Å². The molecule has 1 nitrogen and oxygen atoms in total. The molecule has 0 amide bonds. The van der Waals surface area contributed by atoms with Gasteiger partial charge in [0.15, 0.2) is 2.14 Å². The number of hydrogen-bond acceptors (Lipinski definition) is 1. The summed E-state index contributed by atoms with van der Waals surface area (Å²) in [5, 5.41) is 0. The van der Waals surface area contributed by atoms with Crippen molar-refractivity contribution in [3.63, 3.8) is 0 Å². The van der Waals surface area contributed by atoms with Crippen LogP contribution < -0.4 is 0 Å². The van der Waals surface area contributed by atoms with Crippen molar-refractivity contribution in [1.29, 1.82) is 0 Å². The van der Waals surface area contributed by atoms with E-state index in [1.165, 1.54) is 0 Å². The normalized spacial score (nSPS) is 11.5. The summed E-state index contributed by atoms with van der Waals surface area (Å²) >= 11 is 16.2. The van der Waals surface area contributed by atoms with Crippen molar-refractivity contribution in [3.8, 4) is 0 Å². The highest BCUT2D eigenvalue weighted by Gasteiger charge is 2.31. The molecular formula is C8H3Br5O. The lowest BCUT2D eigenvalue weighted by Gasteiger charge is -2.12. The minimum Gasteiger partial charge on any atom is -0.291 e. The van der Waals surface area contributed by atoms with Crippen molar-refractivity contribution in [3.05, 3.63) is 32.7 Å². The summed E-state index contributed by atoms with van der Waals surface area (Å²) in [5.41, 5.74) is 0.588. The topological polar surface area (TPSA) is 17.1 Å². The maximum atomic E-state index is 11.8. The van der Waals surface area contributed by atoms with Gasteiger partial charge in [0, 0.05) is 14.5 Å². The Morgan fingerprint density at radius 3 is 2.21 bits per heavy atom. The second-order valence-corrected chi connectivity index (χ2v) is 10.8. The number of carbonyl (C=O) groups excluding carboxylic acids is 1. The molecule has 0 aliphatic rings. The van der Waals surface area contributed by atoms with Crippen molar-refractivity contribution in [2.75, 3.05) is 0 Å². The Balaban J connectivity index is 3.21. The fourth-order valence-corrected chi connectivity index (χ4v) is 2.28. The Kier molecular flexibility index (Phi) is 4.85. The number of halogens is 5. The van der Waals surface area contributed by atoms with E-state index in [1.807, 2.05) is 6.07 Å². The first kappa shape index (κ1) is 13.4. The summed E-state index contributed by atoms with van der Waals surface area (Å²) in [6, 6.07) is 5.41.